The molecule has 1 atom stereocenters. The van der Waals surface area contributed by atoms with Crippen LogP contribution in [0, 0.1) is 11.3 Å². The second kappa shape index (κ2) is 5.26. The second-order valence-electron chi connectivity index (χ2n) is 4.88. The van der Waals surface area contributed by atoms with Gasteiger partial charge < -0.3 is 5.32 Å². The Bertz CT molecular complexity index is 139. The first kappa shape index (κ1) is 11.4. The minimum absolute atomic E-state index is 0.478. The third-order valence-electron chi connectivity index (χ3n) is 3.02. The van der Waals surface area contributed by atoms with E-state index >= 15 is 0 Å². The fraction of sp³-hybridized carbons (Fsp3) is 1.00. The Morgan fingerprint density at radius 2 is 2.23 bits per heavy atom. The third kappa shape index (κ3) is 4.37. The van der Waals surface area contributed by atoms with Crippen molar-refractivity contribution in [2.75, 3.05) is 24.6 Å². The van der Waals surface area contributed by atoms with Crippen molar-refractivity contribution in [3.8, 4) is 0 Å². The zero-order valence-corrected chi connectivity index (χ0v) is 10.0. The highest BCUT2D eigenvalue weighted by molar-refractivity contribution is 7.99. The van der Waals surface area contributed by atoms with Gasteiger partial charge in [-0.15, -0.1) is 0 Å². The average molecular weight is 201 g/mol. The predicted octanol–water partition coefficient (Wildman–Crippen LogP) is 2.77. The van der Waals surface area contributed by atoms with Crippen LogP contribution in [0.15, 0.2) is 0 Å². The van der Waals surface area contributed by atoms with Crippen LogP contribution in [0.3, 0.4) is 0 Å². The quantitative estimate of drug-likeness (QED) is 0.734. The molecule has 0 aromatic rings. The summed E-state index contributed by atoms with van der Waals surface area (Å²) in [7, 11) is 0. The number of nitrogens with one attached hydrogen (secondary N) is 1. The molecule has 78 valence electrons. The molecule has 0 spiro atoms. The molecule has 0 bridgehead atoms. The van der Waals surface area contributed by atoms with Crippen LogP contribution in [0.25, 0.3) is 0 Å². The van der Waals surface area contributed by atoms with Gasteiger partial charge in [0.1, 0.15) is 0 Å². The van der Waals surface area contributed by atoms with Gasteiger partial charge >= 0.3 is 0 Å². The maximum Gasteiger partial charge on any atom is 0.000254 e. The summed E-state index contributed by atoms with van der Waals surface area (Å²) in [6.45, 7) is 9.35. The molecule has 0 aliphatic carbocycles. The molecule has 1 saturated heterocycles. The third-order valence-corrected chi connectivity index (χ3v) is 4.25. The van der Waals surface area contributed by atoms with Crippen molar-refractivity contribution in [2.24, 2.45) is 11.3 Å². The van der Waals surface area contributed by atoms with Crippen molar-refractivity contribution >= 4 is 11.8 Å². The molecule has 0 aromatic carbocycles. The molecule has 0 aromatic heterocycles. The molecule has 1 nitrogen and oxygen atoms in total. The van der Waals surface area contributed by atoms with E-state index in [1.54, 1.807) is 0 Å². The van der Waals surface area contributed by atoms with Crippen LogP contribution < -0.4 is 5.32 Å². The number of thioether (sulfide) groups is 1. The van der Waals surface area contributed by atoms with E-state index in [-0.39, 0.29) is 0 Å². The van der Waals surface area contributed by atoms with E-state index in [1.165, 1.54) is 37.4 Å². The summed E-state index contributed by atoms with van der Waals surface area (Å²) < 4.78 is 0. The van der Waals surface area contributed by atoms with Gasteiger partial charge in [0.25, 0.3) is 0 Å². The van der Waals surface area contributed by atoms with Gasteiger partial charge in [0.15, 0.2) is 0 Å². The molecular formula is C11H23NS. The van der Waals surface area contributed by atoms with E-state index in [9.17, 15) is 0 Å². The van der Waals surface area contributed by atoms with Crippen molar-refractivity contribution in [1.82, 2.24) is 5.32 Å². The fourth-order valence-electron chi connectivity index (χ4n) is 1.48. The van der Waals surface area contributed by atoms with Crippen molar-refractivity contribution < 1.29 is 0 Å². The molecule has 2 heteroatoms. The largest absolute Gasteiger partial charge is 0.316 e. The highest BCUT2D eigenvalue weighted by atomic mass is 32.2. The normalized spacial score (nSPS) is 23.8. The van der Waals surface area contributed by atoms with Gasteiger partial charge in [-0.1, -0.05) is 20.8 Å². The molecular weight excluding hydrogens is 178 g/mol. The lowest BCUT2D eigenvalue weighted by molar-refractivity contribution is 0.319. The first-order chi connectivity index (χ1) is 6.14. The van der Waals surface area contributed by atoms with E-state index in [4.69, 9.17) is 0 Å². The maximum absolute atomic E-state index is 3.61. The van der Waals surface area contributed by atoms with Crippen molar-refractivity contribution in [2.45, 2.75) is 33.6 Å². The summed E-state index contributed by atoms with van der Waals surface area (Å²) >= 11 is 2.11. The van der Waals surface area contributed by atoms with Gasteiger partial charge in [-0.05, 0) is 42.2 Å². The van der Waals surface area contributed by atoms with Gasteiger partial charge in [-0.2, -0.15) is 11.8 Å². The number of hydrogen-bond acceptors (Lipinski definition) is 2. The zero-order valence-electron chi connectivity index (χ0n) is 9.23. The highest BCUT2D eigenvalue weighted by Crippen LogP contribution is 2.23. The Hall–Kier alpha value is 0.310. The molecule has 1 fully saturated rings. The lowest BCUT2D eigenvalue weighted by atomic mass is 9.90. The van der Waals surface area contributed by atoms with Crippen LogP contribution in [-0.4, -0.2) is 24.6 Å². The first-order valence-electron chi connectivity index (χ1n) is 5.42. The molecule has 1 N–H and O–H groups in total. The molecule has 1 rings (SSSR count). The molecule has 1 unspecified atom stereocenters. The monoisotopic (exact) mass is 201 g/mol. The lowest BCUT2D eigenvalue weighted by Crippen LogP contribution is -2.32. The topological polar surface area (TPSA) is 12.0 Å². The molecule has 0 amide bonds. The standard InChI is InChI=1S/C11H23NS/c1-4-11(2,3)9-12-7-10-5-6-13-8-10/h10,12H,4-9H2,1-3H3. The van der Waals surface area contributed by atoms with Crippen LogP contribution in [0.2, 0.25) is 0 Å². The number of hydrogen-bond donors (Lipinski definition) is 1. The Labute approximate surface area is 87.1 Å². The van der Waals surface area contributed by atoms with Crippen molar-refractivity contribution in [3.05, 3.63) is 0 Å². The van der Waals surface area contributed by atoms with Gasteiger partial charge in [-0.25, -0.2) is 0 Å². The van der Waals surface area contributed by atoms with Gasteiger partial charge in [0.2, 0.25) is 0 Å². The van der Waals surface area contributed by atoms with Crippen LogP contribution in [-0.2, 0) is 0 Å². The summed E-state index contributed by atoms with van der Waals surface area (Å²) in [6.07, 6.45) is 2.68. The first-order valence-corrected chi connectivity index (χ1v) is 6.58. The molecule has 1 aliphatic rings. The fourth-order valence-corrected chi connectivity index (χ4v) is 2.77. The summed E-state index contributed by atoms with van der Waals surface area (Å²) in [4.78, 5) is 0. The van der Waals surface area contributed by atoms with Crippen molar-refractivity contribution in [1.29, 1.82) is 0 Å². The minimum Gasteiger partial charge on any atom is -0.316 e. The van der Waals surface area contributed by atoms with E-state index in [1.807, 2.05) is 0 Å². The van der Waals surface area contributed by atoms with Gasteiger partial charge in [-0.3, -0.25) is 0 Å². The zero-order chi connectivity index (χ0) is 9.73. The predicted molar refractivity (Wildman–Crippen MR) is 62.4 cm³/mol. The van der Waals surface area contributed by atoms with E-state index < -0.39 is 0 Å². The molecule has 1 heterocycles. The summed E-state index contributed by atoms with van der Waals surface area (Å²) in [6, 6.07) is 0. The molecule has 0 saturated carbocycles. The van der Waals surface area contributed by atoms with Crippen LogP contribution in [0.4, 0.5) is 0 Å². The minimum atomic E-state index is 0.478. The van der Waals surface area contributed by atoms with Crippen LogP contribution >= 0.6 is 11.8 Å². The number of rotatable bonds is 5. The smallest absolute Gasteiger partial charge is 0.000254 e. The Balaban J connectivity index is 2.06. The molecule has 1 aliphatic heterocycles. The Kier molecular flexibility index (Phi) is 4.60. The van der Waals surface area contributed by atoms with E-state index in [0.29, 0.717) is 5.41 Å². The van der Waals surface area contributed by atoms with Crippen molar-refractivity contribution in [3.63, 3.8) is 0 Å². The SMILES string of the molecule is CCC(C)(C)CNCC1CCSC1. The highest BCUT2D eigenvalue weighted by Gasteiger charge is 2.18. The van der Waals surface area contributed by atoms with E-state index in [2.05, 4.69) is 37.8 Å². The molecule has 13 heavy (non-hydrogen) atoms. The van der Waals surface area contributed by atoms with Gasteiger partial charge in [0.05, 0.1) is 0 Å². The lowest BCUT2D eigenvalue weighted by Gasteiger charge is -2.23. The van der Waals surface area contributed by atoms with Crippen LogP contribution in [0.5, 0.6) is 0 Å². The van der Waals surface area contributed by atoms with E-state index in [0.717, 1.165) is 5.92 Å². The van der Waals surface area contributed by atoms with Crippen LogP contribution in [0.1, 0.15) is 33.6 Å². The summed E-state index contributed by atoms with van der Waals surface area (Å²) in [5, 5.41) is 3.61. The maximum atomic E-state index is 3.61. The Morgan fingerprint density at radius 1 is 1.46 bits per heavy atom. The van der Waals surface area contributed by atoms with Gasteiger partial charge in [0, 0.05) is 6.54 Å². The molecule has 0 radical (unpaired) electrons. The second-order valence-corrected chi connectivity index (χ2v) is 6.03. The summed E-state index contributed by atoms with van der Waals surface area (Å²) in [5.74, 6) is 3.70. The summed E-state index contributed by atoms with van der Waals surface area (Å²) in [5.41, 5.74) is 0.478. The Morgan fingerprint density at radius 3 is 2.77 bits per heavy atom. The average Bonchev–Trinajstić information content (AvgIpc) is 2.57.